The molecule has 0 aliphatic rings. The van der Waals surface area contributed by atoms with Gasteiger partial charge in [-0.25, -0.2) is 0 Å². The highest BCUT2D eigenvalue weighted by atomic mass is 16.3. The molecule has 0 spiro atoms. The number of nitrogens with zero attached hydrogens (tertiary/aromatic N) is 1. The van der Waals surface area contributed by atoms with Gasteiger partial charge in [-0.1, -0.05) is 0 Å². The minimum atomic E-state index is 0.750. The number of amides is 1. The molecular formula is C7H11NO2. The second-order valence-corrected chi connectivity index (χ2v) is 1.86. The molecule has 0 radical (unpaired) electrons. The van der Waals surface area contributed by atoms with Crippen LogP contribution >= 0.6 is 0 Å². The van der Waals surface area contributed by atoms with Crippen molar-refractivity contribution in [3.63, 3.8) is 0 Å². The normalized spacial score (nSPS) is 7.40. The number of hydrogen-bond donors (Lipinski definition) is 0. The van der Waals surface area contributed by atoms with Crippen LogP contribution in [0, 0.1) is 0 Å². The van der Waals surface area contributed by atoms with E-state index in [9.17, 15) is 4.79 Å². The molecule has 56 valence electrons. The molecular weight excluding hydrogens is 130 g/mol. The van der Waals surface area contributed by atoms with Crippen molar-refractivity contribution in [3.8, 4) is 0 Å². The van der Waals surface area contributed by atoms with E-state index in [2.05, 4.69) is 4.42 Å². The lowest BCUT2D eigenvalue weighted by Crippen LogP contribution is -2.06. The molecule has 1 aromatic heterocycles. The second-order valence-electron chi connectivity index (χ2n) is 1.86. The molecule has 0 aliphatic heterocycles. The summed E-state index contributed by atoms with van der Waals surface area (Å²) in [7, 11) is 3.38. The smallest absolute Gasteiger partial charge is 0.209 e. The number of hydrogen-bond acceptors (Lipinski definition) is 2. The van der Waals surface area contributed by atoms with E-state index >= 15 is 0 Å². The summed E-state index contributed by atoms with van der Waals surface area (Å²) >= 11 is 0. The lowest BCUT2D eigenvalue weighted by molar-refractivity contribution is -0.115. The first-order chi connectivity index (χ1) is 4.77. The maximum atomic E-state index is 9.43. The lowest BCUT2D eigenvalue weighted by Gasteiger charge is -1.93. The van der Waals surface area contributed by atoms with Crippen LogP contribution in [0.5, 0.6) is 0 Å². The summed E-state index contributed by atoms with van der Waals surface area (Å²) in [6, 6.07) is 3.67. The highest BCUT2D eigenvalue weighted by molar-refractivity contribution is 5.45. The largest absolute Gasteiger partial charge is 0.473 e. The fraction of sp³-hybridized carbons (Fsp3) is 0.286. The van der Waals surface area contributed by atoms with Crippen molar-refractivity contribution in [2.45, 2.75) is 0 Å². The van der Waals surface area contributed by atoms with Crippen molar-refractivity contribution in [2.75, 3.05) is 14.1 Å². The Labute approximate surface area is 60.2 Å². The SMILES string of the molecule is CN(C)C=O.c1ccoc1. The lowest BCUT2D eigenvalue weighted by atomic mass is 10.7. The van der Waals surface area contributed by atoms with Gasteiger partial charge in [-0.3, -0.25) is 4.79 Å². The molecule has 0 fully saturated rings. The molecule has 0 atom stereocenters. The molecule has 0 saturated heterocycles. The zero-order chi connectivity index (χ0) is 7.82. The van der Waals surface area contributed by atoms with Gasteiger partial charge in [0.25, 0.3) is 0 Å². The van der Waals surface area contributed by atoms with Gasteiger partial charge in [0.15, 0.2) is 0 Å². The molecule has 0 N–H and O–H groups in total. The Bertz CT molecular complexity index is 129. The summed E-state index contributed by atoms with van der Waals surface area (Å²) in [5.41, 5.74) is 0. The van der Waals surface area contributed by atoms with Crippen LogP contribution in [0.15, 0.2) is 29.1 Å². The van der Waals surface area contributed by atoms with E-state index < -0.39 is 0 Å². The van der Waals surface area contributed by atoms with E-state index in [0.29, 0.717) is 0 Å². The average Bonchev–Trinajstić information content (AvgIpc) is 2.43. The monoisotopic (exact) mass is 141 g/mol. The van der Waals surface area contributed by atoms with E-state index in [1.165, 1.54) is 4.90 Å². The summed E-state index contributed by atoms with van der Waals surface area (Å²) < 4.78 is 4.58. The van der Waals surface area contributed by atoms with Crippen molar-refractivity contribution in [2.24, 2.45) is 0 Å². The van der Waals surface area contributed by atoms with Crippen LogP contribution in [-0.4, -0.2) is 25.4 Å². The Morgan fingerprint density at radius 3 is 1.80 bits per heavy atom. The predicted molar refractivity (Wildman–Crippen MR) is 38.5 cm³/mol. The first-order valence-electron chi connectivity index (χ1n) is 2.86. The molecule has 1 rings (SSSR count). The van der Waals surface area contributed by atoms with E-state index in [-0.39, 0.29) is 0 Å². The Balaban J connectivity index is 0.000000162. The number of carbonyl (C=O) groups is 1. The fourth-order valence-electron chi connectivity index (χ4n) is 0.227. The summed E-state index contributed by atoms with van der Waals surface area (Å²) in [5, 5.41) is 0. The maximum Gasteiger partial charge on any atom is 0.209 e. The summed E-state index contributed by atoms with van der Waals surface area (Å²) in [4.78, 5) is 10.9. The highest BCUT2D eigenvalue weighted by Gasteiger charge is 1.68. The van der Waals surface area contributed by atoms with E-state index in [0.717, 1.165) is 6.41 Å². The van der Waals surface area contributed by atoms with Crippen LogP contribution in [0.1, 0.15) is 0 Å². The summed E-state index contributed by atoms with van der Waals surface area (Å²) in [6.07, 6.45) is 4.00. The van der Waals surface area contributed by atoms with Crippen LogP contribution < -0.4 is 0 Å². The number of furan rings is 1. The molecule has 1 heterocycles. The van der Waals surface area contributed by atoms with Gasteiger partial charge in [0, 0.05) is 14.1 Å². The Hall–Kier alpha value is -1.25. The van der Waals surface area contributed by atoms with E-state index in [1.54, 1.807) is 26.6 Å². The van der Waals surface area contributed by atoms with Gasteiger partial charge >= 0.3 is 0 Å². The third-order valence-corrected chi connectivity index (χ3v) is 0.636. The second kappa shape index (κ2) is 5.88. The molecule has 0 aromatic carbocycles. The van der Waals surface area contributed by atoms with Crippen molar-refractivity contribution in [3.05, 3.63) is 24.7 Å². The van der Waals surface area contributed by atoms with Crippen molar-refractivity contribution in [1.82, 2.24) is 4.90 Å². The Morgan fingerprint density at radius 1 is 1.30 bits per heavy atom. The standard InChI is InChI=1S/C4H4O.C3H7NO/c1-2-4-5-3-1;1-4(2)3-5/h1-4H;3H,1-2H3. The molecule has 3 nitrogen and oxygen atoms in total. The summed E-state index contributed by atoms with van der Waals surface area (Å²) in [5.74, 6) is 0. The third kappa shape index (κ3) is 6.75. The number of rotatable bonds is 1. The molecule has 0 unspecified atom stereocenters. The van der Waals surface area contributed by atoms with Crippen molar-refractivity contribution in [1.29, 1.82) is 0 Å². The third-order valence-electron chi connectivity index (χ3n) is 0.636. The van der Waals surface area contributed by atoms with Crippen LogP contribution in [0.3, 0.4) is 0 Å². The Morgan fingerprint density at radius 2 is 1.70 bits per heavy atom. The number of carbonyl (C=O) groups excluding carboxylic acids is 1. The first-order valence-corrected chi connectivity index (χ1v) is 2.86. The van der Waals surface area contributed by atoms with Crippen molar-refractivity contribution < 1.29 is 9.21 Å². The summed E-state index contributed by atoms with van der Waals surface area (Å²) in [6.45, 7) is 0. The Kier molecular flexibility index (Phi) is 5.14. The van der Waals surface area contributed by atoms with Gasteiger partial charge in [0.2, 0.25) is 6.41 Å². The van der Waals surface area contributed by atoms with E-state index in [4.69, 9.17) is 0 Å². The molecule has 0 saturated carbocycles. The molecule has 1 amide bonds. The molecule has 0 bridgehead atoms. The van der Waals surface area contributed by atoms with Crippen molar-refractivity contribution >= 4 is 6.41 Å². The van der Waals surface area contributed by atoms with Crippen LogP contribution in [0.4, 0.5) is 0 Å². The molecule has 3 heteroatoms. The van der Waals surface area contributed by atoms with Gasteiger partial charge in [-0.15, -0.1) is 0 Å². The fourth-order valence-corrected chi connectivity index (χ4v) is 0.227. The minimum Gasteiger partial charge on any atom is -0.473 e. The topological polar surface area (TPSA) is 33.5 Å². The van der Waals surface area contributed by atoms with Crippen LogP contribution in [0.2, 0.25) is 0 Å². The van der Waals surface area contributed by atoms with Gasteiger partial charge in [0.05, 0.1) is 12.5 Å². The first kappa shape index (κ1) is 8.75. The molecule has 0 aliphatic carbocycles. The van der Waals surface area contributed by atoms with Crippen LogP contribution in [0.25, 0.3) is 0 Å². The minimum absolute atomic E-state index is 0.750. The maximum absolute atomic E-state index is 9.43. The van der Waals surface area contributed by atoms with Crippen LogP contribution in [-0.2, 0) is 4.79 Å². The zero-order valence-corrected chi connectivity index (χ0v) is 6.15. The highest BCUT2D eigenvalue weighted by Crippen LogP contribution is 1.79. The van der Waals surface area contributed by atoms with Gasteiger partial charge in [-0.2, -0.15) is 0 Å². The zero-order valence-electron chi connectivity index (χ0n) is 6.15. The quantitative estimate of drug-likeness (QED) is 0.546. The van der Waals surface area contributed by atoms with E-state index in [1.807, 2.05) is 12.1 Å². The average molecular weight is 141 g/mol. The predicted octanol–water partition coefficient (Wildman–Crippen LogP) is 0.984. The van der Waals surface area contributed by atoms with Gasteiger partial charge in [-0.05, 0) is 12.1 Å². The van der Waals surface area contributed by atoms with Gasteiger partial charge < -0.3 is 9.32 Å². The van der Waals surface area contributed by atoms with Gasteiger partial charge in [0.1, 0.15) is 0 Å². The molecule has 1 aromatic rings. The molecule has 10 heavy (non-hydrogen) atoms.